The van der Waals surface area contributed by atoms with Gasteiger partial charge in [0.1, 0.15) is 0 Å². The van der Waals surface area contributed by atoms with E-state index in [9.17, 15) is 0 Å². The van der Waals surface area contributed by atoms with Gasteiger partial charge >= 0.3 is 0 Å². The summed E-state index contributed by atoms with van der Waals surface area (Å²) in [6.07, 6.45) is 1.23. The fraction of sp³-hybridized carbons (Fsp3) is 1.00. The third-order valence-corrected chi connectivity index (χ3v) is 2.07. The maximum atomic E-state index is 3.57. The van der Waals surface area contributed by atoms with Crippen LogP contribution in [-0.4, -0.2) is 12.6 Å². The summed E-state index contributed by atoms with van der Waals surface area (Å²) in [4.78, 5) is 0. The van der Waals surface area contributed by atoms with Crippen LogP contribution in [0.25, 0.3) is 0 Å². The molecule has 0 aromatic heterocycles. The SMILES string of the molecule is CCCNC(C(C)C)C(C)C. The van der Waals surface area contributed by atoms with E-state index in [1.54, 1.807) is 0 Å². The zero-order chi connectivity index (χ0) is 8.85. The fourth-order valence-electron chi connectivity index (χ4n) is 1.55. The summed E-state index contributed by atoms with van der Waals surface area (Å²) in [6, 6.07) is 0.690. The zero-order valence-corrected chi connectivity index (χ0v) is 8.65. The summed E-state index contributed by atoms with van der Waals surface area (Å²) in [7, 11) is 0. The zero-order valence-electron chi connectivity index (χ0n) is 8.65. The van der Waals surface area contributed by atoms with Gasteiger partial charge in [0, 0.05) is 6.04 Å². The van der Waals surface area contributed by atoms with Crippen molar-refractivity contribution in [1.29, 1.82) is 0 Å². The first kappa shape index (κ1) is 11.0. The first-order valence-electron chi connectivity index (χ1n) is 4.83. The molecule has 0 radical (unpaired) electrons. The van der Waals surface area contributed by atoms with Gasteiger partial charge in [-0.1, -0.05) is 34.6 Å². The van der Waals surface area contributed by atoms with Gasteiger partial charge in [0.05, 0.1) is 0 Å². The standard InChI is InChI=1S/C10H23N/c1-6-7-11-10(8(2)3)9(4)5/h8-11H,6-7H2,1-5H3. The largest absolute Gasteiger partial charge is 0.313 e. The van der Waals surface area contributed by atoms with Crippen LogP contribution in [0.1, 0.15) is 41.0 Å². The van der Waals surface area contributed by atoms with E-state index in [2.05, 4.69) is 39.9 Å². The van der Waals surface area contributed by atoms with Gasteiger partial charge in [-0.25, -0.2) is 0 Å². The topological polar surface area (TPSA) is 12.0 Å². The van der Waals surface area contributed by atoms with E-state index in [0.29, 0.717) is 6.04 Å². The first-order valence-corrected chi connectivity index (χ1v) is 4.83. The summed E-state index contributed by atoms with van der Waals surface area (Å²) in [5, 5.41) is 3.57. The van der Waals surface area contributed by atoms with E-state index in [0.717, 1.165) is 18.4 Å². The van der Waals surface area contributed by atoms with Crippen molar-refractivity contribution in [1.82, 2.24) is 5.32 Å². The molecule has 1 nitrogen and oxygen atoms in total. The number of hydrogen-bond donors (Lipinski definition) is 1. The van der Waals surface area contributed by atoms with Crippen LogP contribution in [-0.2, 0) is 0 Å². The molecule has 0 aliphatic heterocycles. The van der Waals surface area contributed by atoms with Gasteiger partial charge in [0.2, 0.25) is 0 Å². The Morgan fingerprint density at radius 1 is 1.00 bits per heavy atom. The fourth-order valence-corrected chi connectivity index (χ4v) is 1.55. The van der Waals surface area contributed by atoms with E-state index in [4.69, 9.17) is 0 Å². The van der Waals surface area contributed by atoms with Crippen molar-refractivity contribution in [3.05, 3.63) is 0 Å². The lowest BCUT2D eigenvalue weighted by Crippen LogP contribution is -2.38. The molecule has 68 valence electrons. The molecule has 0 saturated carbocycles. The summed E-state index contributed by atoms with van der Waals surface area (Å²) in [5.41, 5.74) is 0. The summed E-state index contributed by atoms with van der Waals surface area (Å²) in [6.45, 7) is 12.5. The Labute approximate surface area is 71.6 Å². The van der Waals surface area contributed by atoms with Crippen LogP contribution >= 0.6 is 0 Å². The molecular weight excluding hydrogens is 134 g/mol. The Kier molecular flexibility index (Phi) is 5.57. The molecule has 0 atom stereocenters. The highest BCUT2D eigenvalue weighted by atomic mass is 14.9. The summed E-state index contributed by atoms with van der Waals surface area (Å²) < 4.78 is 0. The highest BCUT2D eigenvalue weighted by Crippen LogP contribution is 2.11. The van der Waals surface area contributed by atoms with Crippen molar-refractivity contribution in [2.45, 2.75) is 47.1 Å². The van der Waals surface area contributed by atoms with Gasteiger partial charge in [-0.05, 0) is 24.8 Å². The molecular formula is C10H23N. The van der Waals surface area contributed by atoms with Crippen LogP contribution in [0, 0.1) is 11.8 Å². The minimum Gasteiger partial charge on any atom is -0.313 e. The Morgan fingerprint density at radius 2 is 1.45 bits per heavy atom. The van der Waals surface area contributed by atoms with Crippen molar-refractivity contribution >= 4 is 0 Å². The molecule has 0 aromatic rings. The van der Waals surface area contributed by atoms with Gasteiger partial charge in [0.25, 0.3) is 0 Å². The highest BCUT2D eigenvalue weighted by molar-refractivity contribution is 4.73. The highest BCUT2D eigenvalue weighted by Gasteiger charge is 2.15. The summed E-state index contributed by atoms with van der Waals surface area (Å²) >= 11 is 0. The van der Waals surface area contributed by atoms with E-state index in [1.165, 1.54) is 6.42 Å². The normalized spacial score (nSPS) is 12.0. The average molecular weight is 157 g/mol. The summed E-state index contributed by atoms with van der Waals surface area (Å²) in [5.74, 6) is 1.50. The van der Waals surface area contributed by atoms with Gasteiger partial charge < -0.3 is 5.32 Å². The molecule has 0 aliphatic rings. The van der Waals surface area contributed by atoms with Crippen molar-refractivity contribution in [2.75, 3.05) is 6.54 Å². The maximum Gasteiger partial charge on any atom is 0.0113 e. The monoisotopic (exact) mass is 157 g/mol. The van der Waals surface area contributed by atoms with E-state index >= 15 is 0 Å². The molecule has 1 heteroatoms. The third-order valence-electron chi connectivity index (χ3n) is 2.07. The molecule has 0 aliphatic carbocycles. The van der Waals surface area contributed by atoms with Crippen LogP contribution in [0.2, 0.25) is 0 Å². The Hall–Kier alpha value is -0.0400. The molecule has 0 amide bonds. The van der Waals surface area contributed by atoms with Gasteiger partial charge in [-0.2, -0.15) is 0 Å². The van der Waals surface area contributed by atoms with Crippen molar-refractivity contribution < 1.29 is 0 Å². The molecule has 0 rings (SSSR count). The molecule has 0 saturated heterocycles. The van der Waals surface area contributed by atoms with E-state index in [-0.39, 0.29) is 0 Å². The minimum absolute atomic E-state index is 0.690. The lowest BCUT2D eigenvalue weighted by molar-refractivity contribution is 0.316. The predicted molar refractivity (Wildman–Crippen MR) is 51.8 cm³/mol. The minimum atomic E-state index is 0.690. The average Bonchev–Trinajstić information content (AvgIpc) is 1.87. The Bertz CT molecular complexity index is 78.9. The molecule has 1 N–H and O–H groups in total. The molecule has 11 heavy (non-hydrogen) atoms. The predicted octanol–water partition coefficient (Wildman–Crippen LogP) is 2.67. The number of nitrogens with one attached hydrogen (secondary N) is 1. The molecule has 0 bridgehead atoms. The Balaban J connectivity index is 3.70. The van der Waals surface area contributed by atoms with Gasteiger partial charge in [0.15, 0.2) is 0 Å². The van der Waals surface area contributed by atoms with Gasteiger partial charge in [-0.15, -0.1) is 0 Å². The van der Waals surface area contributed by atoms with Crippen molar-refractivity contribution in [3.63, 3.8) is 0 Å². The number of rotatable bonds is 5. The quantitative estimate of drug-likeness (QED) is 0.647. The van der Waals surface area contributed by atoms with E-state index in [1.807, 2.05) is 0 Å². The first-order chi connectivity index (χ1) is 5.09. The van der Waals surface area contributed by atoms with Crippen LogP contribution in [0.3, 0.4) is 0 Å². The Morgan fingerprint density at radius 3 is 1.73 bits per heavy atom. The molecule has 0 aromatic carbocycles. The van der Waals surface area contributed by atoms with Crippen molar-refractivity contribution in [3.8, 4) is 0 Å². The lowest BCUT2D eigenvalue weighted by atomic mass is 9.93. The van der Waals surface area contributed by atoms with Crippen LogP contribution in [0.15, 0.2) is 0 Å². The van der Waals surface area contributed by atoms with Crippen LogP contribution in [0.5, 0.6) is 0 Å². The van der Waals surface area contributed by atoms with Crippen LogP contribution in [0.4, 0.5) is 0 Å². The molecule has 0 spiro atoms. The van der Waals surface area contributed by atoms with Crippen LogP contribution < -0.4 is 5.32 Å². The molecule has 0 unspecified atom stereocenters. The van der Waals surface area contributed by atoms with Gasteiger partial charge in [-0.3, -0.25) is 0 Å². The van der Waals surface area contributed by atoms with Crippen molar-refractivity contribution in [2.24, 2.45) is 11.8 Å². The smallest absolute Gasteiger partial charge is 0.0113 e. The third kappa shape index (κ3) is 4.41. The molecule has 0 fully saturated rings. The second-order valence-corrected chi connectivity index (χ2v) is 3.97. The molecule has 0 heterocycles. The lowest BCUT2D eigenvalue weighted by Gasteiger charge is -2.25. The second-order valence-electron chi connectivity index (χ2n) is 3.97. The van der Waals surface area contributed by atoms with E-state index < -0.39 is 0 Å². The maximum absolute atomic E-state index is 3.57. The second kappa shape index (κ2) is 5.59. The number of hydrogen-bond acceptors (Lipinski definition) is 1.